The quantitative estimate of drug-likeness (QED) is 0.691. The van der Waals surface area contributed by atoms with Crippen molar-refractivity contribution in [2.75, 3.05) is 0 Å². The van der Waals surface area contributed by atoms with Gasteiger partial charge in [-0.2, -0.15) is 0 Å². The molecular formula is C2H3CoMn2NiO2. The Hall–Kier alpha value is 1.51. The summed E-state index contributed by atoms with van der Waals surface area (Å²) in [7, 11) is 0. The average Bonchev–Trinajstić information content (AvgIpc) is 1.38. The van der Waals surface area contributed by atoms with Gasteiger partial charge in [0.05, 0.1) is 0 Å². The Kier molecular flexibility index (Phi) is 44.8. The number of carboxylic acid groups (broad SMARTS) is 1. The molecule has 0 atom stereocenters. The second kappa shape index (κ2) is 15.8. The Bertz CT molecular complexity index is 53.3. The minimum atomic E-state index is -0.912. The standard InChI is InChI=1S/C2H3O2.Co.2Mn.Ni/c1-2(3)4;;;;/h1H2,(H,3,4);;;;. The first-order chi connectivity index (χ1) is 2.27. The second-order valence-electron chi connectivity index (χ2n) is 0.506. The molecule has 0 bridgehead atoms. The average molecular weight is 287 g/mol. The van der Waals surface area contributed by atoms with E-state index in [9.17, 15) is 4.79 Å². The summed E-state index contributed by atoms with van der Waals surface area (Å²) in [4.78, 5) is 9.27. The van der Waals surface area contributed by atoms with E-state index in [1.165, 1.54) is 0 Å². The van der Waals surface area contributed by atoms with E-state index in [1.54, 1.807) is 0 Å². The molecule has 1 N–H and O–H groups in total. The zero-order valence-corrected chi connectivity index (χ0v) is 7.86. The van der Waals surface area contributed by atoms with Gasteiger partial charge in [-0.1, -0.05) is 0 Å². The van der Waals surface area contributed by atoms with Gasteiger partial charge in [0.15, 0.2) is 0 Å². The van der Waals surface area contributed by atoms with Gasteiger partial charge in [-0.15, -0.1) is 0 Å². The van der Waals surface area contributed by atoms with Crippen molar-refractivity contribution in [3.05, 3.63) is 0 Å². The van der Waals surface area contributed by atoms with Crippen molar-refractivity contribution in [3.8, 4) is 0 Å². The van der Waals surface area contributed by atoms with E-state index in [-0.39, 0.29) is 56.3 Å². The summed E-state index contributed by atoms with van der Waals surface area (Å²) in [5, 5.41) is 7.48. The SMILES string of the molecule is O=C(O)[CH2][Ni].[Co].[Mn].[Mn]. The Morgan fingerprint density at radius 2 is 1.62 bits per heavy atom. The maximum Gasteiger partial charge on any atom is 0 e. The predicted molar refractivity (Wildman–Crippen MR) is 12.4 cm³/mol. The van der Waals surface area contributed by atoms with E-state index >= 15 is 0 Å². The van der Waals surface area contributed by atoms with Gasteiger partial charge in [0.25, 0.3) is 0 Å². The molecule has 0 saturated heterocycles. The van der Waals surface area contributed by atoms with Crippen molar-refractivity contribution in [1.29, 1.82) is 0 Å². The van der Waals surface area contributed by atoms with Crippen molar-refractivity contribution in [2.45, 2.75) is 5.39 Å². The van der Waals surface area contributed by atoms with E-state index in [2.05, 4.69) is 15.5 Å². The predicted octanol–water partition coefficient (Wildman–Crippen LogP) is 0.0286. The minimum Gasteiger partial charge on any atom is 0 e. The van der Waals surface area contributed by atoms with Crippen molar-refractivity contribution in [2.24, 2.45) is 0 Å². The largest absolute Gasteiger partial charge is 0 e. The Balaban J connectivity index is -0.0000000267. The molecule has 0 aliphatic carbocycles. The number of carbonyl (C=O) groups is 1. The molecule has 0 rings (SSSR count). The third-order valence-corrected chi connectivity index (χ3v) is 0.394. The fraction of sp³-hybridized carbons (Fsp3) is 0.500. The number of hydrogen-bond acceptors (Lipinski definition) is 1. The van der Waals surface area contributed by atoms with Crippen molar-refractivity contribution >= 4 is 5.97 Å². The zero-order chi connectivity index (χ0) is 4.28. The molecule has 0 aliphatic heterocycles. The van der Waals surface area contributed by atoms with E-state index in [0.29, 0.717) is 0 Å². The first kappa shape index (κ1) is 22.7. The van der Waals surface area contributed by atoms with E-state index in [1.807, 2.05) is 0 Å². The van der Waals surface area contributed by atoms with Crippen LogP contribution < -0.4 is 0 Å². The topological polar surface area (TPSA) is 37.3 Å². The summed E-state index contributed by atoms with van der Waals surface area (Å²) >= 11 is 3.83. The van der Waals surface area contributed by atoms with Gasteiger partial charge in [-0.25, -0.2) is 0 Å². The fourth-order valence-electron chi connectivity index (χ4n) is 0. The van der Waals surface area contributed by atoms with Crippen LogP contribution in [0.25, 0.3) is 0 Å². The monoisotopic (exact) mass is 286 g/mol. The molecule has 6 heteroatoms. The van der Waals surface area contributed by atoms with Crippen LogP contribution in [0, 0.1) is 0 Å². The molecule has 0 spiro atoms. The number of carboxylic acids is 1. The molecule has 56 valence electrons. The normalized spacial score (nSPS) is 4.75. The van der Waals surface area contributed by atoms with Crippen molar-refractivity contribution in [3.63, 3.8) is 0 Å². The van der Waals surface area contributed by atoms with Crippen LogP contribution >= 0.6 is 0 Å². The molecule has 0 aromatic carbocycles. The number of rotatable bonds is 1. The summed E-state index contributed by atoms with van der Waals surface area (Å²) in [6.07, 6.45) is 0. The van der Waals surface area contributed by atoms with Crippen LogP contribution in [0.2, 0.25) is 5.39 Å². The molecule has 0 aromatic rings. The van der Waals surface area contributed by atoms with Gasteiger partial charge in [0.1, 0.15) is 0 Å². The number of hydrogen-bond donors (Lipinski definition) is 1. The third-order valence-electron chi connectivity index (χ3n) is 0.0956. The summed E-state index contributed by atoms with van der Waals surface area (Å²) < 4.78 is 0. The smallest absolute Gasteiger partial charge is 0 e. The molecule has 8 heavy (non-hydrogen) atoms. The van der Waals surface area contributed by atoms with E-state index in [0.717, 1.165) is 0 Å². The van der Waals surface area contributed by atoms with Crippen LogP contribution in [0.5, 0.6) is 0 Å². The Morgan fingerprint density at radius 1 is 1.50 bits per heavy atom. The second-order valence-corrected chi connectivity index (χ2v) is 0.855. The van der Waals surface area contributed by atoms with Gasteiger partial charge in [0.2, 0.25) is 0 Å². The molecule has 0 fully saturated rings. The minimum absolute atomic E-state index is 0. The molecule has 0 saturated carbocycles. The Morgan fingerprint density at radius 3 is 1.62 bits per heavy atom. The fourth-order valence-corrected chi connectivity index (χ4v) is 0. The van der Waals surface area contributed by atoms with Crippen molar-refractivity contribution in [1.82, 2.24) is 0 Å². The molecule has 0 unspecified atom stereocenters. The molecular weight excluding hydrogens is 284 g/mol. The van der Waals surface area contributed by atoms with Crippen LogP contribution in [-0.2, 0) is 71.2 Å². The summed E-state index contributed by atoms with van der Waals surface area (Å²) in [6, 6.07) is 0. The van der Waals surface area contributed by atoms with Gasteiger partial charge in [0, 0.05) is 50.9 Å². The van der Waals surface area contributed by atoms with Crippen LogP contribution in [0.4, 0.5) is 0 Å². The molecule has 0 amide bonds. The summed E-state index contributed by atoms with van der Waals surface area (Å²) in [5.74, 6) is -0.912. The van der Waals surface area contributed by atoms with Crippen LogP contribution in [0.15, 0.2) is 0 Å². The molecule has 3 radical (unpaired) electrons. The van der Waals surface area contributed by atoms with E-state index in [4.69, 9.17) is 5.11 Å². The molecule has 0 heterocycles. The summed E-state index contributed by atoms with van der Waals surface area (Å²) in [5.41, 5.74) is 0. The van der Waals surface area contributed by atoms with Crippen LogP contribution in [-0.4, -0.2) is 11.1 Å². The maximum absolute atomic E-state index is 9.27. The van der Waals surface area contributed by atoms with Crippen molar-refractivity contribution < 1.29 is 76.3 Å². The molecule has 0 aliphatic rings. The Labute approximate surface area is 87.1 Å². The number of aliphatic carboxylic acids is 1. The first-order valence-electron chi connectivity index (χ1n) is 1.00. The molecule has 2 nitrogen and oxygen atoms in total. The van der Waals surface area contributed by atoms with Crippen LogP contribution in [0.3, 0.4) is 0 Å². The molecule has 0 aromatic heterocycles. The van der Waals surface area contributed by atoms with Gasteiger partial charge in [-0.3, -0.25) is 0 Å². The maximum atomic E-state index is 9.27. The van der Waals surface area contributed by atoms with Gasteiger partial charge in [-0.05, 0) is 0 Å². The first-order valence-corrected chi connectivity index (χ1v) is 1.70. The summed E-state index contributed by atoms with van der Waals surface area (Å²) in [6.45, 7) is 0. The van der Waals surface area contributed by atoms with Gasteiger partial charge < -0.3 is 0 Å². The van der Waals surface area contributed by atoms with E-state index < -0.39 is 5.97 Å². The van der Waals surface area contributed by atoms with Crippen LogP contribution in [0.1, 0.15) is 0 Å². The van der Waals surface area contributed by atoms with Gasteiger partial charge >= 0.3 is 36.7 Å². The third kappa shape index (κ3) is 25.8. The zero-order valence-electron chi connectivity index (χ0n) is 3.47.